The van der Waals surface area contributed by atoms with Crippen LogP contribution in [0.15, 0.2) is 48.9 Å². The van der Waals surface area contributed by atoms with E-state index in [9.17, 15) is 0 Å². The fraction of sp³-hybridized carbons (Fsp3) is 0.444. The van der Waals surface area contributed by atoms with Crippen molar-refractivity contribution in [2.75, 3.05) is 13.1 Å². The summed E-state index contributed by atoms with van der Waals surface area (Å²) < 4.78 is 6.05. The molecule has 1 aromatic heterocycles. The Morgan fingerprint density at radius 2 is 1.95 bits per heavy atom. The second kappa shape index (κ2) is 7.47. The lowest BCUT2D eigenvalue weighted by Gasteiger charge is -2.35. The SMILES string of the molecule is C[C@H](c1cnccn1)N1CCC(OCc2ccccc2)CC1. The Morgan fingerprint density at radius 1 is 1.18 bits per heavy atom. The Kier molecular flexibility index (Phi) is 5.14. The van der Waals surface area contributed by atoms with Crippen molar-refractivity contribution in [3.8, 4) is 0 Å². The molecule has 1 aliphatic heterocycles. The van der Waals surface area contributed by atoms with E-state index in [1.165, 1.54) is 5.56 Å². The number of aromatic nitrogens is 2. The Labute approximate surface area is 132 Å². The molecule has 1 aromatic carbocycles. The third-order valence-electron chi connectivity index (χ3n) is 4.36. The van der Waals surface area contributed by atoms with E-state index < -0.39 is 0 Å². The van der Waals surface area contributed by atoms with Crippen LogP contribution in [-0.4, -0.2) is 34.1 Å². The van der Waals surface area contributed by atoms with E-state index in [-0.39, 0.29) is 0 Å². The van der Waals surface area contributed by atoms with Gasteiger partial charge >= 0.3 is 0 Å². The first kappa shape index (κ1) is 15.1. The molecular weight excluding hydrogens is 274 g/mol. The van der Waals surface area contributed by atoms with Gasteiger partial charge in [0.25, 0.3) is 0 Å². The predicted molar refractivity (Wildman–Crippen MR) is 86.3 cm³/mol. The molecule has 0 amide bonds. The van der Waals surface area contributed by atoms with Gasteiger partial charge in [0.15, 0.2) is 0 Å². The van der Waals surface area contributed by atoms with E-state index in [1.807, 2.05) is 12.3 Å². The molecule has 0 saturated carbocycles. The number of piperidine rings is 1. The van der Waals surface area contributed by atoms with Crippen molar-refractivity contribution in [1.82, 2.24) is 14.9 Å². The summed E-state index contributed by atoms with van der Waals surface area (Å²) in [5.41, 5.74) is 2.30. The van der Waals surface area contributed by atoms with Gasteiger partial charge in [-0.15, -0.1) is 0 Å². The average Bonchev–Trinajstić information content (AvgIpc) is 2.61. The molecule has 1 fully saturated rings. The molecule has 4 heteroatoms. The molecule has 3 rings (SSSR count). The minimum atomic E-state index is 0.323. The quantitative estimate of drug-likeness (QED) is 0.849. The fourth-order valence-electron chi connectivity index (χ4n) is 2.93. The molecule has 0 spiro atoms. The molecule has 2 heterocycles. The summed E-state index contributed by atoms with van der Waals surface area (Å²) >= 11 is 0. The highest BCUT2D eigenvalue weighted by atomic mass is 16.5. The van der Waals surface area contributed by atoms with E-state index in [0.717, 1.165) is 31.6 Å². The average molecular weight is 297 g/mol. The smallest absolute Gasteiger partial charge is 0.0755 e. The van der Waals surface area contributed by atoms with Gasteiger partial charge in [0, 0.05) is 31.7 Å². The molecule has 0 N–H and O–H groups in total. The maximum absolute atomic E-state index is 6.05. The van der Waals surface area contributed by atoms with Gasteiger partial charge in [-0.2, -0.15) is 0 Å². The largest absolute Gasteiger partial charge is 0.373 e. The van der Waals surface area contributed by atoms with Crippen molar-refractivity contribution in [3.63, 3.8) is 0 Å². The van der Waals surface area contributed by atoms with E-state index in [1.54, 1.807) is 12.4 Å². The molecule has 116 valence electrons. The molecule has 22 heavy (non-hydrogen) atoms. The molecular formula is C18H23N3O. The summed E-state index contributed by atoms with van der Waals surface area (Å²) in [6.45, 7) is 5.02. The highest BCUT2D eigenvalue weighted by Crippen LogP contribution is 2.24. The molecule has 1 aliphatic rings. The molecule has 0 aliphatic carbocycles. The Morgan fingerprint density at radius 3 is 2.64 bits per heavy atom. The Bertz CT molecular complexity index is 553. The molecule has 1 atom stereocenters. The normalized spacial score (nSPS) is 18.2. The van der Waals surface area contributed by atoms with E-state index >= 15 is 0 Å². The fourth-order valence-corrected chi connectivity index (χ4v) is 2.93. The second-order valence-corrected chi connectivity index (χ2v) is 5.84. The molecule has 1 saturated heterocycles. The van der Waals surface area contributed by atoms with Crippen LogP contribution in [0, 0.1) is 0 Å². The van der Waals surface area contributed by atoms with Crippen molar-refractivity contribution < 1.29 is 4.74 Å². The van der Waals surface area contributed by atoms with Crippen LogP contribution < -0.4 is 0 Å². The maximum atomic E-state index is 6.05. The van der Waals surface area contributed by atoms with Crippen LogP contribution in [0.25, 0.3) is 0 Å². The van der Waals surface area contributed by atoms with Crippen LogP contribution in [0.4, 0.5) is 0 Å². The zero-order valence-electron chi connectivity index (χ0n) is 13.1. The van der Waals surface area contributed by atoms with Gasteiger partial charge in [0.1, 0.15) is 0 Å². The Balaban J connectivity index is 1.46. The summed E-state index contributed by atoms with van der Waals surface area (Å²) in [6.07, 6.45) is 7.88. The summed E-state index contributed by atoms with van der Waals surface area (Å²) in [5.74, 6) is 0. The minimum Gasteiger partial charge on any atom is -0.373 e. The molecule has 0 bridgehead atoms. The van der Waals surface area contributed by atoms with Gasteiger partial charge in [-0.25, -0.2) is 0 Å². The van der Waals surface area contributed by atoms with Gasteiger partial charge < -0.3 is 4.74 Å². The lowest BCUT2D eigenvalue weighted by atomic mass is 10.0. The zero-order chi connectivity index (χ0) is 15.2. The summed E-state index contributed by atoms with van der Waals surface area (Å²) in [5, 5.41) is 0. The second-order valence-electron chi connectivity index (χ2n) is 5.84. The van der Waals surface area contributed by atoms with Gasteiger partial charge in [-0.3, -0.25) is 14.9 Å². The van der Waals surface area contributed by atoms with E-state index in [2.05, 4.69) is 46.1 Å². The Hall–Kier alpha value is -1.78. The molecule has 2 aromatic rings. The number of rotatable bonds is 5. The summed E-state index contributed by atoms with van der Waals surface area (Å²) in [6, 6.07) is 10.7. The lowest BCUT2D eigenvalue weighted by molar-refractivity contribution is -0.0101. The van der Waals surface area contributed by atoms with Crippen LogP contribution in [-0.2, 0) is 11.3 Å². The van der Waals surface area contributed by atoms with Gasteiger partial charge in [-0.1, -0.05) is 30.3 Å². The first-order chi connectivity index (χ1) is 10.8. The van der Waals surface area contributed by atoms with Crippen molar-refractivity contribution in [2.24, 2.45) is 0 Å². The van der Waals surface area contributed by atoms with Crippen molar-refractivity contribution in [1.29, 1.82) is 0 Å². The molecule has 4 nitrogen and oxygen atoms in total. The van der Waals surface area contributed by atoms with E-state index in [0.29, 0.717) is 18.8 Å². The number of hydrogen-bond donors (Lipinski definition) is 0. The number of nitrogens with zero attached hydrogens (tertiary/aromatic N) is 3. The van der Waals surface area contributed by atoms with Crippen molar-refractivity contribution in [2.45, 2.75) is 38.5 Å². The standard InChI is InChI=1S/C18H23N3O/c1-15(18-13-19-9-10-20-18)21-11-7-17(8-12-21)22-14-16-5-3-2-4-6-16/h2-6,9-10,13,15,17H,7-8,11-12,14H2,1H3/t15-/m1/s1. The number of ether oxygens (including phenoxy) is 1. The van der Waals surface area contributed by atoms with E-state index in [4.69, 9.17) is 4.74 Å². The van der Waals surface area contributed by atoms with Crippen molar-refractivity contribution in [3.05, 3.63) is 60.2 Å². The van der Waals surface area contributed by atoms with Gasteiger partial charge in [-0.05, 0) is 25.3 Å². The zero-order valence-corrected chi connectivity index (χ0v) is 13.1. The monoisotopic (exact) mass is 297 g/mol. The predicted octanol–water partition coefficient (Wildman–Crippen LogP) is 3.22. The topological polar surface area (TPSA) is 38.2 Å². The first-order valence-electron chi connectivity index (χ1n) is 7.98. The maximum Gasteiger partial charge on any atom is 0.0755 e. The first-order valence-corrected chi connectivity index (χ1v) is 7.98. The van der Waals surface area contributed by atoms with Gasteiger partial charge in [0.2, 0.25) is 0 Å². The van der Waals surface area contributed by atoms with Crippen molar-refractivity contribution >= 4 is 0 Å². The minimum absolute atomic E-state index is 0.323. The number of benzene rings is 1. The molecule has 0 unspecified atom stereocenters. The highest BCUT2D eigenvalue weighted by molar-refractivity contribution is 5.13. The van der Waals surface area contributed by atoms with Crippen LogP contribution in [0.5, 0.6) is 0 Å². The lowest BCUT2D eigenvalue weighted by Crippen LogP contribution is -2.38. The van der Waals surface area contributed by atoms with Crippen LogP contribution >= 0.6 is 0 Å². The summed E-state index contributed by atoms with van der Waals surface area (Å²) in [7, 11) is 0. The van der Waals surface area contributed by atoms with Crippen LogP contribution in [0.2, 0.25) is 0 Å². The van der Waals surface area contributed by atoms with Crippen LogP contribution in [0.1, 0.15) is 37.1 Å². The van der Waals surface area contributed by atoms with Crippen LogP contribution in [0.3, 0.4) is 0 Å². The highest BCUT2D eigenvalue weighted by Gasteiger charge is 2.24. The number of hydrogen-bond acceptors (Lipinski definition) is 4. The van der Waals surface area contributed by atoms with Gasteiger partial charge in [0.05, 0.1) is 24.4 Å². The number of likely N-dealkylation sites (tertiary alicyclic amines) is 1. The third kappa shape index (κ3) is 3.90. The third-order valence-corrected chi connectivity index (χ3v) is 4.36. The summed E-state index contributed by atoms with van der Waals surface area (Å²) in [4.78, 5) is 11.0. The molecule has 0 radical (unpaired) electrons.